The van der Waals surface area contributed by atoms with Gasteiger partial charge in [0.15, 0.2) is 11.5 Å². The van der Waals surface area contributed by atoms with Crippen LogP contribution in [-0.2, 0) is 0 Å². The molecule has 6 nitrogen and oxygen atoms in total. The second kappa shape index (κ2) is 6.02. The molecule has 3 N–H and O–H groups in total. The van der Waals surface area contributed by atoms with E-state index in [0.29, 0.717) is 17.2 Å². The number of anilines is 1. The van der Waals surface area contributed by atoms with E-state index in [1.165, 1.54) is 11.3 Å². The van der Waals surface area contributed by atoms with E-state index in [0.717, 1.165) is 5.56 Å². The van der Waals surface area contributed by atoms with Crippen LogP contribution in [0.15, 0.2) is 35.0 Å². The SMILES string of the molecule is O=C(NC[C@@H](O)c1ccsc1)Nc1ccc2c(c1)OCO2. The van der Waals surface area contributed by atoms with Crippen molar-refractivity contribution in [1.29, 1.82) is 0 Å². The van der Waals surface area contributed by atoms with Gasteiger partial charge in [0.25, 0.3) is 0 Å². The van der Waals surface area contributed by atoms with Gasteiger partial charge in [0, 0.05) is 18.3 Å². The van der Waals surface area contributed by atoms with Crippen molar-refractivity contribution in [3.05, 3.63) is 40.6 Å². The molecule has 1 atom stereocenters. The van der Waals surface area contributed by atoms with Crippen LogP contribution in [0.5, 0.6) is 11.5 Å². The van der Waals surface area contributed by atoms with Crippen molar-refractivity contribution in [2.24, 2.45) is 0 Å². The molecule has 21 heavy (non-hydrogen) atoms. The normalized spacial score (nSPS) is 13.8. The van der Waals surface area contributed by atoms with Crippen LogP contribution in [0, 0.1) is 0 Å². The van der Waals surface area contributed by atoms with Crippen molar-refractivity contribution in [3.8, 4) is 11.5 Å². The molecule has 2 amide bonds. The number of nitrogens with one attached hydrogen (secondary N) is 2. The van der Waals surface area contributed by atoms with Gasteiger partial charge in [-0.1, -0.05) is 0 Å². The first-order chi connectivity index (χ1) is 10.2. The minimum atomic E-state index is -0.709. The van der Waals surface area contributed by atoms with Crippen LogP contribution in [-0.4, -0.2) is 24.5 Å². The number of aliphatic hydroxyl groups is 1. The average Bonchev–Trinajstić information content (AvgIpc) is 3.15. The van der Waals surface area contributed by atoms with E-state index >= 15 is 0 Å². The van der Waals surface area contributed by atoms with Crippen LogP contribution in [0.3, 0.4) is 0 Å². The van der Waals surface area contributed by atoms with E-state index in [-0.39, 0.29) is 19.4 Å². The molecule has 1 aromatic heterocycles. The van der Waals surface area contributed by atoms with E-state index < -0.39 is 6.10 Å². The number of hydrogen-bond acceptors (Lipinski definition) is 5. The molecular formula is C14H14N2O4S. The monoisotopic (exact) mass is 306 g/mol. The molecule has 1 aliphatic heterocycles. The lowest BCUT2D eigenvalue weighted by Crippen LogP contribution is -2.32. The Hall–Kier alpha value is -2.25. The van der Waals surface area contributed by atoms with Crippen LogP contribution in [0.2, 0.25) is 0 Å². The summed E-state index contributed by atoms with van der Waals surface area (Å²) in [5.41, 5.74) is 1.39. The smallest absolute Gasteiger partial charge is 0.319 e. The Morgan fingerprint density at radius 3 is 3.00 bits per heavy atom. The number of benzene rings is 1. The number of fused-ring (bicyclic) bond motifs is 1. The maximum absolute atomic E-state index is 11.8. The fourth-order valence-electron chi connectivity index (χ4n) is 1.92. The lowest BCUT2D eigenvalue weighted by molar-refractivity contribution is 0.174. The molecular weight excluding hydrogens is 292 g/mol. The van der Waals surface area contributed by atoms with Gasteiger partial charge in [0.1, 0.15) is 0 Å². The van der Waals surface area contributed by atoms with Crippen LogP contribution >= 0.6 is 11.3 Å². The summed E-state index contributed by atoms with van der Waals surface area (Å²) < 4.78 is 10.4. The van der Waals surface area contributed by atoms with Gasteiger partial charge in [0.05, 0.1) is 6.10 Å². The zero-order chi connectivity index (χ0) is 14.7. The third-order valence-electron chi connectivity index (χ3n) is 3.01. The maximum Gasteiger partial charge on any atom is 0.319 e. The van der Waals surface area contributed by atoms with E-state index in [9.17, 15) is 9.90 Å². The van der Waals surface area contributed by atoms with E-state index in [4.69, 9.17) is 9.47 Å². The van der Waals surface area contributed by atoms with Crippen molar-refractivity contribution in [1.82, 2.24) is 5.32 Å². The zero-order valence-electron chi connectivity index (χ0n) is 11.0. The summed E-state index contributed by atoms with van der Waals surface area (Å²) >= 11 is 1.50. The van der Waals surface area contributed by atoms with Crippen molar-refractivity contribution in [2.45, 2.75) is 6.10 Å². The van der Waals surface area contributed by atoms with Crippen LogP contribution in [0.4, 0.5) is 10.5 Å². The fourth-order valence-corrected chi connectivity index (χ4v) is 2.63. The molecule has 0 unspecified atom stereocenters. The molecule has 7 heteroatoms. The number of carbonyl (C=O) groups is 1. The third kappa shape index (κ3) is 3.26. The molecule has 2 heterocycles. The number of amides is 2. The van der Waals surface area contributed by atoms with Gasteiger partial charge in [-0.2, -0.15) is 11.3 Å². The van der Waals surface area contributed by atoms with Gasteiger partial charge in [-0.3, -0.25) is 0 Å². The molecule has 2 aromatic rings. The summed E-state index contributed by atoms with van der Waals surface area (Å²) in [6.45, 7) is 0.338. The number of urea groups is 1. The Morgan fingerprint density at radius 1 is 1.33 bits per heavy atom. The minimum absolute atomic E-state index is 0.146. The minimum Gasteiger partial charge on any atom is -0.454 e. The fraction of sp³-hybridized carbons (Fsp3) is 0.214. The van der Waals surface area contributed by atoms with Gasteiger partial charge in [0.2, 0.25) is 6.79 Å². The van der Waals surface area contributed by atoms with Crippen LogP contribution in [0.1, 0.15) is 11.7 Å². The summed E-state index contributed by atoms with van der Waals surface area (Å²) in [6, 6.07) is 6.59. The van der Waals surface area contributed by atoms with Crippen LogP contribution in [0.25, 0.3) is 0 Å². The first kappa shape index (κ1) is 13.7. The number of carbonyl (C=O) groups excluding carboxylic acids is 1. The largest absolute Gasteiger partial charge is 0.454 e. The zero-order valence-corrected chi connectivity index (χ0v) is 11.9. The van der Waals surface area contributed by atoms with Crippen molar-refractivity contribution in [2.75, 3.05) is 18.7 Å². The molecule has 0 bridgehead atoms. The summed E-state index contributed by atoms with van der Waals surface area (Å²) in [7, 11) is 0. The van der Waals surface area contributed by atoms with Gasteiger partial charge in [-0.05, 0) is 34.5 Å². The highest BCUT2D eigenvalue weighted by Crippen LogP contribution is 2.34. The second-order valence-electron chi connectivity index (χ2n) is 4.48. The lowest BCUT2D eigenvalue weighted by atomic mass is 10.2. The quantitative estimate of drug-likeness (QED) is 0.810. The van der Waals surface area contributed by atoms with Crippen molar-refractivity contribution < 1.29 is 19.4 Å². The molecule has 0 saturated heterocycles. The summed E-state index contributed by atoms with van der Waals surface area (Å²) in [5, 5.41) is 18.9. The first-order valence-electron chi connectivity index (χ1n) is 6.37. The Kier molecular flexibility index (Phi) is 3.94. The van der Waals surface area contributed by atoms with Crippen LogP contribution < -0.4 is 20.1 Å². The summed E-state index contributed by atoms with van der Waals surface area (Å²) in [6.07, 6.45) is -0.709. The standard InChI is InChI=1S/C14H14N2O4S/c17-11(9-3-4-21-7-9)6-15-14(18)16-10-1-2-12-13(5-10)20-8-19-12/h1-5,7,11,17H,6,8H2,(H2,15,16,18)/t11-/m1/s1. The predicted molar refractivity (Wildman–Crippen MR) is 78.9 cm³/mol. The van der Waals surface area contributed by atoms with Gasteiger partial charge >= 0.3 is 6.03 Å². The molecule has 0 radical (unpaired) electrons. The summed E-state index contributed by atoms with van der Waals surface area (Å²) in [4.78, 5) is 11.8. The van der Waals surface area contributed by atoms with E-state index in [1.807, 2.05) is 16.8 Å². The molecule has 3 rings (SSSR count). The Balaban J connectivity index is 1.52. The Morgan fingerprint density at radius 2 is 2.19 bits per heavy atom. The molecule has 1 aliphatic rings. The molecule has 0 saturated carbocycles. The van der Waals surface area contributed by atoms with E-state index in [2.05, 4.69) is 10.6 Å². The first-order valence-corrected chi connectivity index (χ1v) is 7.31. The predicted octanol–water partition coefficient (Wildman–Crippen LogP) is 2.33. The molecule has 110 valence electrons. The number of rotatable bonds is 4. The lowest BCUT2D eigenvalue weighted by Gasteiger charge is -2.11. The summed E-state index contributed by atoms with van der Waals surface area (Å²) in [5.74, 6) is 1.26. The number of ether oxygens (including phenoxy) is 2. The Labute approximate surface area is 125 Å². The molecule has 1 aromatic carbocycles. The van der Waals surface area contributed by atoms with Gasteiger partial charge in [-0.25, -0.2) is 4.79 Å². The number of thiophene rings is 1. The van der Waals surface area contributed by atoms with Crippen molar-refractivity contribution >= 4 is 23.1 Å². The number of hydrogen-bond donors (Lipinski definition) is 3. The van der Waals surface area contributed by atoms with Gasteiger partial charge < -0.3 is 25.2 Å². The topological polar surface area (TPSA) is 79.8 Å². The number of aliphatic hydroxyl groups excluding tert-OH is 1. The highest BCUT2D eigenvalue weighted by atomic mass is 32.1. The van der Waals surface area contributed by atoms with E-state index in [1.54, 1.807) is 18.2 Å². The Bertz CT molecular complexity index is 630. The van der Waals surface area contributed by atoms with Gasteiger partial charge in [-0.15, -0.1) is 0 Å². The molecule has 0 spiro atoms. The highest BCUT2D eigenvalue weighted by molar-refractivity contribution is 7.07. The third-order valence-corrected chi connectivity index (χ3v) is 3.72. The average molecular weight is 306 g/mol. The second-order valence-corrected chi connectivity index (χ2v) is 5.26. The molecule has 0 aliphatic carbocycles. The van der Waals surface area contributed by atoms with Crippen molar-refractivity contribution in [3.63, 3.8) is 0 Å². The molecule has 0 fully saturated rings. The maximum atomic E-state index is 11.8. The highest BCUT2D eigenvalue weighted by Gasteiger charge is 2.14.